The first-order valence-corrected chi connectivity index (χ1v) is 5.28. The third-order valence-electron chi connectivity index (χ3n) is 2.54. The summed E-state index contributed by atoms with van der Waals surface area (Å²) in [6.45, 7) is 10.4. The van der Waals surface area contributed by atoms with E-state index < -0.39 is 0 Å². The van der Waals surface area contributed by atoms with Crippen molar-refractivity contribution in [3.8, 4) is 0 Å². The quantitative estimate of drug-likeness (QED) is 0.484. The lowest BCUT2D eigenvalue weighted by molar-refractivity contribution is -0.141. The fourth-order valence-corrected chi connectivity index (χ4v) is 1.52. The van der Waals surface area contributed by atoms with Gasteiger partial charge < -0.3 is 4.74 Å². The first kappa shape index (κ1) is 13.2. The Hall–Kier alpha value is -0.790. The molecule has 0 aliphatic rings. The zero-order valence-electron chi connectivity index (χ0n) is 9.80. The van der Waals surface area contributed by atoms with Crippen molar-refractivity contribution in [1.29, 1.82) is 0 Å². The molecule has 82 valence electrons. The molecule has 0 rings (SSSR count). The Morgan fingerprint density at radius 1 is 1.43 bits per heavy atom. The van der Waals surface area contributed by atoms with Gasteiger partial charge in [-0.25, -0.2) is 0 Å². The Bertz CT molecular complexity index is 194. The lowest BCUT2D eigenvalue weighted by Gasteiger charge is -2.20. The standard InChI is InChI=1S/C12H22O2/c1-6-7-11(8-12(13)14-5)10(4)9(2)3/h9,11H,4,6-8H2,1-3,5H3. The van der Waals surface area contributed by atoms with Crippen molar-refractivity contribution in [3.05, 3.63) is 12.2 Å². The van der Waals surface area contributed by atoms with Crippen LogP contribution in [0.15, 0.2) is 12.2 Å². The second-order valence-corrected chi connectivity index (χ2v) is 4.00. The fourth-order valence-electron chi connectivity index (χ4n) is 1.52. The Balaban J connectivity index is 4.28. The first-order valence-electron chi connectivity index (χ1n) is 5.28. The van der Waals surface area contributed by atoms with Gasteiger partial charge in [0.1, 0.15) is 0 Å². The third-order valence-corrected chi connectivity index (χ3v) is 2.54. The summed E-state index contributed by atoms with van der Waals surface area (Å²) in [6, 6.07) is 0. The van der Waals surface area contributed by atoms with Crippen LogP contribution in [-0.4, -0.2) is 13.1 Å². The summed E-state index contributed by atoms with van der Waals surface area (Å²) in [4.78, 5) is 11.2. The SMILES string of the molecule is C=C(C(C)C)C(CCC)CC(=O)OC. The molecule has 0 N–H and O–H groups in total. The van der Waals surface area contributed by atoms with Gasteiger partial charge in [-0.2, -0.15) is 0 Å². The van der Waals surface area contributed by atoms with E-state index >= 15 is 0 Å². The number of allylic oxidation sites excluding steroid dienone is 1. The second kappa shape index (κ2) is 6.63. The minimum absolute atomic E-state index is 0.134. The largest absolute Gasteiger partial charge is 0.469 e. The second-order valence-electron chi connectivity index (χ2n) is 4.00. The summed E-state index contributed by atoms with van der Waals surface area (Å²) in [7, 11) is 1.43. The van der Waals surface area contributed by atoms with Crippen molar-refractivity contribution in [3.63, 3.8) is 0 Å². The molecule has 0 bridgehead atoms. The van der Waals surface area contributed by atoms with Gasteiger partial charge in [-0.3, -0.25) is 4.79 Å². The van der Waals surface area contributed by atoms with Gasteiger partial charge in [0.25, 0.3) is 0 Å². The molecule has 0 heterocycles. The summed E-state index contributed by atoms with van der Waals surface area (Å²) in [5.74, 6) is 0.592. The van der Waals surface area contributed by atoms with E-state index in [0.29, 0.717) is 12.3 Å². The molecule has 0 saturated heterocycles. The maximum Gasteiger partial charge on any atom is 0.306 e. The molecule has 2 nitrogen and oxygen atoms in total. The molecule has 0 spiro atoms. The number of rotatable bonds is 6. The highest BCUT2D eigenvalue weighted by Crippen LogP contribution is 2.25. The number of ether oxygens (including phenoxy) is 1. The van der Waals surface area contributed by atoms with Crippen molar-refractivity contribution in [2.75, 3.05) is 7.11 Å². The lowest BCUT2D eigenvalue weighted by atomic mass is 9.86. The van der Waals surface area contributed by atoms with Crippen LogP contribution < -0.4 is 0 Å². The monoisotopic (exact) mass is 198 g/mol. The molecule has 1 unspecified atom stereocenters. The van der Waals surface area contributed by atoms with Crippen LogP contribution in [0.5, 0.6) is 0 Å². The number of carbonyl (C=O) groups excluding carboxylic acids is 1. The maximum atomic E-state index is 11.2. The van der Waals surface area contributed by atoms with Crippen molar-refractivity contribution in [2.45, 2.75) is 40.0 Å². The van der Waals surface area contributed by atoms with Crippen LogP contribution in [0.1, 0.15) is 40.0 Å². The predicted octanol–water partition coefficient (Wildman–Crippen LogP) is 3.18. The molecule has 2 heteroatoms. The molecular weight excluding hydrogens is 176 g/mol. The number of carbonyl (C=O) groups is 1. The van der Waals surface area contributed by atoms with Gasteiger partial charge >= 0.3 is 5.97 Å². The average molecular weight is 198 g/mol. The van der Waals surface area contributed by atoms with E-state index in [2.05, 4.69) is 32.1 Å². The van der Waals surface area contributed by atoms with E-state index in [9.17, 15) is 4.79 Å². The van der Waals surface area contributed by atoms with Crippen molar-refractivity contribution >= 4 is 5.97 Å². The molecule has 0 fully saturated rings. The summed E-state index contributed by atoms with van der Waals surface area (Å²) in [5, 5.41) is 0. The van der Waals surface area contributed by atoms with Gasteiger partial charge in [0.15, 0.2) is 0 Å². The molecule has 0 aliphatic heterocycles. The average Bonchev–Trinajstić information content (AvgIpc) is 2.15. The maximum absolute atomic E-state index is 11.2. The van der Waals surface area contributed by atoms with Gasteiger partial charge in [-0.05, 0) is 18.3 Å². The Labute approximate surface area is 87.3 Å². The van der Waals surface area contributed by atoms with Crippen molar-refractivity contribution < 1.29 is 9.53 Å². The van der Waals surface area contributed by atoms with Crippen molar-refractivity contribution in [2.24, 2.45) is 11.8 Å². The first-order chi connectivity index (χ1) is 6.52. The Morgan fingerprint density at radius 3 is 2.36 bits per heavy atom. The number of hydrogen-bond acceptors (Lipinski definition) is 2. The van der Waals surface area contributed by atoms with Gasteiger partial charge in [0.2, 0.25) is 0 Å². The topological polar surface area (TPSA) is 26.3 Å². The predicted molar refractivity (Wildman–Crippen MR) is 59.0 cm³/mol. The summed E-state index contributed by atoms with van der Waals surface area (Å²) >= 11 is 0. The minimum atomic E-state index is -0.134. The smallest absolute Gasteiger partial charge is 0.306 e. The molecule has 0 aromatic rings. The van der Waals surface area contributed by atoms with Crippen LogP contribution in [0.3, 0.4) is 0 Å². The van der Waals surface area contributed by atoms with Crippen LogP contribution in [0, 0.1) is 11.8 Å². The zero-order valence-corrected chi connectivity index (χ0v) is 9.80. The Morgan fingerprint density at radius 2 is 2.00 bits per heavy atom. The fraction of sp³-hybridized carbons (Fsp3) is 0.750. The van der Waals surface area contributed by atoms with Crippen molar-refractivity contribution in [1.82, 2.24) is 0 Å². The van der Waals surface area contributed by atoms with E-state index in [0.717, 1.165) is 18.4 Å². The summed E-state index contributed by atoms with van der Waals surface area (Å²) < 4.78 is 4.68. The van der Waals surface area contributed by atoms with Crippen LogP contribution in [0.25, 0.3) is 0 Å². The Kier molecular flexibility index (Phi) is 6.26. The zero-order chi connectivity index (χ0) is 11.1. The molecular formula is C12H22O2. The minimum Gasteiger partial charge on any atom is -0.469 e. The summed E-state index contributed by atoms with van der Waals surface area (Å²) in [5.41, 5.74) is 1.16. The van der Waals surface area contributed by atoms with E-state index in [4.69, 9.17) is 0 Å². The van der Waals surface area contributed by atoms with E-state index in [1.807, 2.05) is 0 Å². The molecule has 0 aliphatic carbocycles. The van der Waals surface area contributed by atoms with Crippen LogP contribution in [0.4, 0.5) is 0 Å². The molecule has 0 aromatic heterocycles. The van der Waals surface area contributed by atoms with Gasteiger partial charge in [-0.15, -0.1) is 0 Å². The number of esters is 1. The molecule has 1 atom stereocenters. The van der Waals surface area contributed by atoms with Gasteiger partial charge in [0, 0.05) is 0 Å². The number of methoxy groups -OCH3 is 1. The molecule has 0 saturated carbocycles. The van der Waals surface area contributed by atoms with Crippen LogP contribution in [0.2, 0.25) is 0 Å². The molecule has 0 aromatic carbocycles. The molecule has 14 heavy (non-hydrogen) atoms. The van der Waals surface area contributed by atoms with Crippen LogP contribution >= 0.6 is 0 Å². The van der Waals surface area contributed by atoms with E-state index in [1.165, 1.54) is 7.11 Å². The number of hydrogen-bond donors (Lipinski definition) is 0. The van der Waals surface area contributed by atoms with E-state index in [-0.39, 0.29) is 11.9 Å². The van der Waals surface area contributed by atoms with E-state index in [1.54, 1.807) is 0 Å². The highest BCUT2D eigenvalue weighted by atomic mass is 16.5. The summed E-state index contributed by atoms with van der Waals surface area (Å²) in [6.07, 6.45) is 2.57. The normalized spacial score (nSPS) is 12.6. The highest BCUT2D eigenvalue weighted by Gasteiger charge is 2.18. The molecule has 0 radical (unpaired) electrons. The van der Waals surface area contributed by atoms with Crippen LogP contribution in [-0.2, 0) is 9.53 Å². The molecule has 0 amide bonds. The third kappa shape index (κ3) is 4.45. The van der Waals surface area contributed by atoms with Gasteiger partial charge in [-0.1, -0.05) is 39.3 Å². The van der Waals surface area contributed by atoms with Gasteiger partial charge in [0.05, 0.1) is 13.5 Å². The highest BCUT2D eigenvalue weighted by molar-refractivity contribution is 5.69. The lowest BCUT2D eigenvalue weighted by Crippen LogP contribution is -2.14.